The zero-order chi connectivity index (χ0) is 16.4. The van der Waals surface area contributed by atoms with E-state index in [-0.39, 0.29) is 24.2 Å². The number of hydrogen-bond donors (Lipinski definition) is 3. The van der Waals surface area contributed by atoms with Crippen LogP contribution in [0.5, 0.6) is 0 Å². The highest BCUT2D eigenvalue weighted by Gasteiger charge is 2.21. The third-order valence-corrected chi connectivity index (χ3v) is 3.88. The molecule has 128 valence electrons. The minimum atomic E-state index is -0.491. The molecule has 1 aliphatic rings. The number of aromatic nitrogens is 2. The monoisotopic (exact) mass is 349 g/mol. The molecule has 1 aromatic heterocycles. The number of likely N-dealkylation sites (N-methyl/N-ethyl adjacent to an activating group) is 1. The van der Waals surface area contributed by atoms with E-state index in [0.717, 1.165) is 23.2 Å². The molecule has 8 heteroatoms. The molecule has 1 aliphatic heterocycles. The largest absolute Gasteiger partial charge is 0.326 e. The quantitative estimate of drug-likeness (QED) is 0.782. The number of benzene rings is 1. The molecule has 24 heavy (non-hydrogen) atoms. The summed E-state index contributed by atoms with van der Waals surface area (Å²) < 4.78 is 1.65. The molecule has 0 spiro atoms. The normalized spacial score (nSPS) is 14.2. The van der Waals surface area contributed by atoms with Crippen molar-refractivity contribution < 1.29 is 9.59 Å². The number of carbonyl (C=O) groups excluding carboxylic acids is 2. The Morgan fingerprint density at radius 2 is 2.17 bits per heavy atom. The highest BCUT2D eigenvalue weighted by Crippen LogP contribution is 2.26. The average molecular weight is 350 g/mol. The molecule has 3 rings (SSSR count). The smallest absolute Gasteiger partial charge is 0.246 e. The van der Waals surface area contributed by atoms with Gasteiger partial charge < -0.3 is 16.0 Å². The summed E-state index contributed by atoms with van der Waals surface area (Å²) in [6.07, 6.45) is 4.69. The molecule has 7 nitrogen and oxygen atoms in total. The average Bonchev–Trinajstić information content (AvgIpc) is 2.93. The van der Waals surface area contributed by atoms with Gasteiger partial charge in [0, 0.05) is 36.6 Å². The van der Waals surface area contributed by atoms with E-state index in [2.05, 4.69) is 21.0 Å². The molecular formula is C16H20ClN5O2. The zero-order valence-corrected chi connectivity index (χ0v) is 14.3. The third kappa shape index (κ3) is 3.74. The summed E-state index contributed by atoms with van der Waals surface area (Å²) in [5, 5.41) is 12.8. The fourth-order valence-corrected chi connectivity index (χ4v) is 2.70. The van der Waals surface area contributed by atoms with Gasteiger partial charge in [0.1, 0.15) is 6.04 Å². The van der Waals surface area contributed by atoms with Gasteiger partial charge in [-0.3, -0.25) is 14.3 Å². The molecule has 2 heterocycles. The molecule has 2 aromatic rings. The van der Waals surface area contributed by atoms with E-state index >= 15 is 0 Å². The molecule has 1 aromatic carbocycles. The number of rotatable bonds is 4. The van der Waals surface area contributed by atoms with Crippen LogP contribution >= 0.6 is 12.4 Å². The predicted molar refractivity (Wildman–Crippen MR) is 94.3 cm³/mol. The summed E-state index contributed by atoms with van der Waals surface area (Å²) in [6, 6.07) is 5.09. The van der Waals surface area contributed by atoms with Crippen molar-refractivity contribution in [2.75, 3.05) is 17.7 Å². The summed E-state index contributed by atoms with van der Waals surface area (Å²) >= 11 is 0. The minimum Gasteiger partial charge on any atom is -0.326 e. The predicted octanol–water partition coefficient (Wildman–Crippen LogP) is 1.63. The van der Waals surface area contributed by atoms with E-state index in [9.17, 15) is 9.59 Å². The number of nitrogens with zero attached hydrogens (tertiary/aromatic N) is 2. The van der Waals surface area contributed by atoms with Gasteiger partial charge in [-0.15, -0.1) is 12.4 Å². The second-order valence-electron chi connectivity index (χ2n) is 5.58. The number of halogens is 1. The lowest BCUT2D eigenvalue weighted by Crippen LogP contribution is -2.30. The van der Waals surface area contributed by atoms with Gasteiger partial charge in [0.2, 0.25) is 11.8 Å². The Hall–Kier alpha value is -2.38. The number of hydrogen-bond acceptors (Lipinski definition) is 4. The van der Waals surface area contributed by atoms with Crippen LogP contribution in [0.25, 0.3) is 0 Å². The van der Waals surface area contributed by atoms with Crippen molar-refractivity contribution in [2.45, 2.75) is 18.9 Å². The van der Waals surface area contributed by atoms with Crippen molar-refractivity contribution in [3.63, 3.8) is 0 Å². The number of anilines is 2. The van der Waals surface area contributed by atoms with Crippen molar-refractivity contribution in [2.24, 2.45) is 7.05 Å². The van der Waals surface area contributed by atoms with Crippen molar-refractivity contribution in [3.8, 4) is 0 Å². The molecule has 1 unspecified atom stereocenters. The molecular weight excluding hydrogens is 330 g/mol. The van der Waals surface area contributed by atoms with Gasteiger partial charge in [0.05, 0.1) is 6.20 Å². The molecule has 0 bridgehead atoms. The van der Waals surface area contributed by atoms with Gasteiger partial charge in [0.25, 0.3) is 0 Å². The first-order valence-electron chi connectivity index (χ1n) is 7.46. The SMILES string of the molecule is CNC(C(=O)Nc1ccc2c(c1)NC(=O)CC2)c1cnn(C)c1.Cl. The minimum absolute atomic E-state index is 0. The van der Waals surface area contributed by atoms with Gasteiger partial charge in [-0.05, 0) is 31.2 Å². The van der Waals surface area contributed by atoms with Gasteiger partial charge in [0.15, 0.2) is 0 Å². The Morgan fingerprint density at radius 1 is 1.38 bits per heavy atom. The lowest BCUT2D eigenvalue weighted by atomic mass is 10.0. The lowest BCUT2D eigenvalue weighted by molar-refractivity contribution is -0.118. The molecule has 0 saturated heterocycles. The van der Waals surface area contributed by atoms with Crippen LogP contribution in [0, 0.1) is 0 Å². The van der Waals surface area contributed by atoms with Gasteiger partial charge >= 0.3 is 0 Å². The fraction of sp³-hybridized carbons (Fsp3) is 0.312. The standard InChI is InChI=1S/C16H19N5O2.ClH/c1-17-15(11-8-18-21(2)9-11)16(23)19-12-5-3-10-4-6-14(22)20-13(10)7-12;/h3,5,7-9,15,17H,4,6H2,1-2H3,(H,19,23)(H,20,22);1H. The maximum Gasteiger partial charge on any atom is 0.246 e. The van der Waals surface area contributed by atoms with Crippen LogP contribution < -0.4 is 16.0 Å². The van der Waals surface area contributed by atoms with Crippen molar-refractivity contribution in [3.05, 3.63) is 41.7 Å². The first-order valence-corrected chi connectivity index (χ1v) is 7.46. The Kier molecular flexibility index (Phi) is 5.58. The molecule has 0 radical (unpaired) electrons. The van der Waals surface area contributed by atoms with Gasteiger partial charge in [-0.1, -0.05) is 6.07 Å². The van der Waals surface area contributed by atoms with Crippen LogP contribution in [0.1, 0.15) is 23.6 Å². The first kappa shape index (κ1) is 18.0. The Bertz CT molecular complexity index is 759. The molecule has 1 atom stereocenters. The topological polar surface area (TPSA) is 88.1 Å². The van der Waals surface area contributed by atoms with E-state index in [1.807, 2.05) is 12.1 Å². The number of amides is 2. The fourth-order valence-electron chi connectivity index (χ4n) is 2.70. The van der Waals surface area contributed by atoms with Crippen LogP contribution in [0.4, 0.5) is 11.4 Å². The van der Waals surface area contributed by atoms with Crippen LogP contribution in [0.2, 0.25) is 0 Å². The van der Waals surface area contributed by atoms with Crippen molar-refractivity contribution in [1.29, 1.82) is 0 Å². The molecule has 0 saturated carbocycles. The number of carbonyl (C=O) groups is 2. The highest BCUT2D eigenvalue weighted by atomic mass is 35.5. The third-order valence-electron chi connectivity index (χ3n) is 3.88. The van der Waals surface area contributed by atoms with E-state index in [0.29, 0.717) is 12.1 Å². The molecule has 0 fully saturated rings. The zero-order valence-electron chi connectivity index (χ0n) is 13.5. The van der Waals surface area contributed by atoms with Gasteiger partial charge in [-0.2, -0.15) is 5.10 Å². The van der Waals surface area contributed by atoms with Crippen LogP contribution in [0.15, 0.2) is 30.6 Å². The summed E-state index contributed by atoms with van der Waals surface area (Å²) in [5.41, 5.74) is 3.29. The number of fused-ring (bicyclic) bond motifs is 1. The van der Waals surface area contributed by atoms with E-state index in [1.165, 1.54) is 0 Å². The Labute approximate surface area is 146 Å². The maximum absolute atomic E-state index is 12.5. The maximum atomic E-state index is 12.5. The van der Waals surface area contributed by atoms with E-state index in [1.54, 1.807) is 37.2 Å². The summed E-state index contributed by atoms with van der Waals surface area (Å²) in [4.78, 5) is 24.0. The molecule has 0 aliphatic carbocycles. The molecule has 3 N–H and O–H groups in total. The van der Waals surface area contributed by atoms with Crippen molar-refractivity contribution in [1.82, 2.24) is 15.1 Å². The highest BCUT2D eigenvalue weighted by molar-refractivity contribution is 5.98. The van der Waals surface area contributed by atoms with Crippen molar-refractivity contribution >= 4 is 35.6 Å². The Balaban J connectivity index is 0.00000208. The first-order chi connectivity index (χ1) is 11.1. The summed E-state index contributed by atoms with van der Waals surface area (Å²) in [5.74, 6) is -0.174. The van der Waals surface area contributed by atoms with Crippen LogP contribution in [0.3, 0.4) is 0 Å². The van der Waals surface area contributed by atoms with Gasteiger partial charge in [-0.25, -0.2) is 0 Å². The lowest BCUT2D eigenvalue weighted by Gasteiger charge is -2.19. The second kappa shape index (κ2) is 7.46. The molecule has 2 amide bonds. The summed E-state index contributed by atoms with van der Waals surface area (Å²) in [7, 11) is 3.53. The van der Waals surface area contributed by atoms with Crippen LogP contribution in [-0.2, 0) is 23.1 Å². The Morgan fingerprint density at radius 3 is 2.83 bits per heavy atom. The number of aryl methyl sites for hydroxylation is 2. The second-order valence-corrected chi connectivity index (χ2v) is 5.58. The number of nitrogens with one attached hydrogen (secondary N) is 3. The van der Waals surface area contributed by atoms with E-state index in [4.69, 9.17) is 0 Å². The summed E-state index contributed by atoms with van der Waals surface area (Å²) in [6.45, 7) is 0. The van der Waals surface area contributed by atoms with Crippen LogP contribution in [-0.4, -0.2) is 28.6 Å². The van der Waals surface area contributed by atoms with E-state index < -0.39 is 6.04 Å².